The molecule has 1 aromatic rings. The van der Waals surface area contributed by atoms with Crippen molar-refractivity contribution in [2.75, 3.05) is 7.11 Å². The quantitative estimate of drug-likeness (QED) is 0.751. The zero-order chi connectivity index (χ0) is 12.3. The Balaban J connectivity index is 3.35. The van der Waals surface area contributed by atoms with Crippen molar-refractivity contribution in [3.8, 4) is 5.75 Å². The summed E-state index contributed by atoms with van der Waals surface area (Å²) in [4.78, 5) is 10.6. The average Bonchev–Trinajstić information content (AvgIpc) is 2.23. The highest BCUT2D eigenvalue weighted by atomic mass is 35.5. The lowest BCUT2D eigenvalue weighted by molar-refractivity contribution is -0.108. The van der Waals surface area contributed by atoms with Crippen LogP contribution in [-0.2, 0) is 4.79 Å². The van der Waals surface area contributed by atoms with Gasteiger partial charge in [-0.05, 0) is 31.4 Å². The zero-order valence-corrected chi connectivity index (χ0v) is 10.9. The Labute approximate surface area is 102 Å². The Hall–Kier alpha value is -1.02. The fraction of sp³-hybridized carbons (Fsp3) is 0.462. The van der Waals surface area contributed by atoms with Gasteiger partial charge in [0.25, 0.3) is 0 Å². The van der Waals surface area contributed by atoms with Gasteiger partial charge in [-0.25, -0.2) is 0 Å². The third-order valence-electron chi connectivity index (χ3n) is 2.86. The Morgan fingerprint density at radius 1 is 1.50 bits per heavy atom. The molecule has 3 heteroatoms. The number of ether oxygens (including phenoxy) is 1. The molecular weight excluding hydrogens is 224 g/mol. The molecule has 0 spiro atoms. The first kappa shape index (κ1) is 13.0. The minimum atomic E-state index is 0.156. The molecule has 1 aromatic carbocycles. The number of halogens is 1. The number of methoxy groups -OCH3 is 1. The summed E-state index contributed by atoms with van der Waals surface area (Å²) in [5.41, 5.74) is 3.08. The number of hydrogen-bond donors (Lipinski definition) is 0. The van der Waals surface area contributed by atoms with Gasteiger partial charge in [0, 0.05) is 22.6 Å². The summed E-state index contributed by atoms with van der Waals surface area (Å²) in [6, 6.07) is 1.93. The number of aldehydes is 1. The van der Waals surface area contributed by atoms with E-state index in [4.69, 9.17) is 16.3 Å². The molecule has 0 saturated heterocycles. The van der Waals surface area contributed by atoms with Gasteiger partial charge < -0.3 is 9.53 Å². The van der Waals surface area contributed by atoms with Crippen molar-refractivity contribution in [3.63, 3.8) is 0 Å². The Kier molecular flexibility index (Phi) is 4.36. The van der Waals surface area contributed by atoms with Crippen molar-refractivity contribution in [1.29, 1.82) is 0 Å². The van der Waals surface area contributed by atoms with Gasteiger partial charge in [0.1, 0.15) is 12.0 Å². The molecule has 88 valence electrons. The molecule has 0 amide bonds. The summed E-state index contributed by atoms with van der Waals surface area (Å²) in [6.07, 6.45) is 1.44. The summed E-state index contributed by atoms with van der Waals surface area (Å²) in [6.45, 7) is 5.94. The number of benzene rings is 1. The maximum absolute atomic E-state index is 10.6. The second kappa shape index (κ2) is 5.35. The molecule has 16 heavy (non-hydrogen) atoms. The number of rotatable bonds is 4. The number of aryl methyl sites for hydroxylation is 1. The highest BCUT2D eigenvalue weighted by Crippen LogP contribution is 2.37. The molecule has 0 N–H and O–H groups in total. The van der Waals surface area contributed by atoms with Gasteiger partial charge in [0.15, 0.2) is 0 Å². The van der Waals surface area contributed by atoms with Crippen molar-refractivity contribution >= 4 is 17.9 Å². The molecule has 0 aliphatic rings. The zero-order valence-electron chi connectivity index (χ0n) is 10.1. The number of carbonyl (C=O) groups is 1. The SMILES string of the molecule is COc1c(C)c(Cl)cc(C)c1C(C)CC=O. The van der Waals surface area contributed by atoms with E-state index in [9.17, 15) is 4.79 Å². The van der Waals surface area contributed by atoms with Gasteiger partial charge >= 0.3 is 0 Å². The van der Waals surface area contributed by atoms with Crippen molar-refractivity contribution < 1.29 is 9.53 Å². The van der Waals surface area contributed by atoms with Gasteiger partial charge in [-0.15, -0.1) is 0 Å². The smallest absolute Gasteiger partial charge is 0.126 e. The van der Waals surface area contributed by atoms with Gasteiger partial charge in [-0.2, -0.15) is 0 Å². The molecule has 0 heterocycles. The van der Waals surface area contributed by atoms with E-state index in [1.807, 2.05) is 26.8 Å². The van der Waals surface area contributed by atoms with E-state index < -0.39 is 0 Å². The largest absolute Gasteiger partial charge is 0.496 e. The summed E-state index contributed by atoms with van der Waals surface area (Å²) >= 11 is 6.10. The van der Waals surface area contributed by atoms with Crippen LogP contribution in [0.5, 0.6) is 5.75 Å². The summed E-state index contributed by atoms with van der Waals surface area (Å²) < 4.78 is 5.40. The molecule has 1 atom stereocenters. The third-order valence-corrected chi connectivity index (χ3v) is 3.25. The highest BCUT2D eigenvalue weighted by molar-refractivity contribution is 6.31. The maximum atomic E-state index is 10.6. The van der Waals surface area contributed by atoms with Gasteiger partial charge in [0.05, 0.1) is 7.11 Å². The van der Waals surface area contributed by atoms with E-state index in [-0.39, 0.29) is 5.92 Å². The molecule has 0 fully saturated rings. The summed E-state index contributed by atoms with van der Waals surface area (Å²) in [7, 11) is 1.63. The molecule has 1 rings (SSSR count). The lowest BCUT2D eigenvalue weighted by Gasteiger charge is -2.19. The molecule has 0 aliphatic heterocycles. The number of hydrogen-bond acceptors (Lipinski definition) is 2. The van der Waals surface area contributed by atoms with Crippen LogP contribution in [0, 0.1) is 13.8 Å². The van der Waals surface area contributed by atoms with Gasteiger partial charge in [-0.1, -0.05) is 18.5 Å². The minimum absolute atomic E-state index is 0.156. The first-order chi connectivity index (χ1) is 7.52. The minimum Gasteiger partial charge on any atom is -0.496 e. The van der Waals surface area contributed by atoms with E-state index in [1.165, 1.54) is 0 Å². The maximum Gasteiger partial charge on any atom is 0.126 e. The predicted molar refractivity (Wildman–Crippen MR) is 66.6 cm³/mol. The lowest BCUT2D eigenvalue weighted by atomic mass is 9.91. The lowest BCUT2D eigenvalue weighted by Crippen LogP contribution is -2.03. The summed E-state index contributed by atoms with van der Waals surface area (Å²) in [5.74, 6) is 0.961. The van der Waals surface area contributed by atoms with E-state index >= 15 is 0 Å². The monoisotopic (exact) mass is 240 g/mol. The van der Waals surface area contributed by atoms with E-state index in [1.54, 1.807) is 7.11 Å². The van der Waals surface area contributed by atoms with Crippen LogP contribution in [0.15, 0.2) is 6.07 Å². The number of carbonyl (C=O) groups excluding carboxylic acids is 1. The Morgan fingerprint density at radius 2 is 2.12 bits per heavy atom. The van der Waals surface area contributed by atoms with Crippen LogP contribution in [0.2, 0.25) is 5.02 Å². The van der Waals surface area contributed by atoms with Crippen LogP contribution >= 0.6 is 11.6 Å². The molecule has 0 bridgehead atoms. The first-order valence-electron chi connectivity index (χ1n) is 5.30. The first-order valence-corrected chi connectivity index (χ1v) is 5.67. The fourth-order valence-electron chi connectivity index (χ4n) is 2.00. The standard InChI is InChI=1S/C13H17ClO2/c1-8(5-6-15)12-9(2)7-11(14)10(3)13(12)16-4/h6-8H,5H2,1-4H3. The predicted octanol–water partition coefficient (Wildman–Crippen LogP) is 3.66. The van der Waals surface area contributed by atoms with Crippen LogP contribution in [0.1, 0.15) is 36.0 Å². The Morgan fingerprint density at radius 3 is 2.62 bits per heavy atom. The van der Waals surface area contributed by atoms with Gasteiger partial charge in [0.2, 0.25) is 0 Å². The van der Waals surface area contributed by atoms with Crippen molar-refractivity contribution in [1.82, 2.24) is 0 Å². The highest BCUT2D eigenvalue weighted by Gasteiger charge is 2.18. The normalized spacial score (nSPS) is 12.3. The van der Waals surface area contributed by atoms with Crippen LogP contribution in [0.4, 0.5) is 0 Å². The van der Waals surface area contributed by atoms with Crippen LogP contribution in [0.25, 0.3) is 0 Å². The third kappa shape index (κ3) is 2.38. The molecule has 0 aromatic heterocycles. The van der Waals surface area contributed by atoms with Crippen molar-refractivity contribution in [3.05, 3.63) is 27.8 Å². The van der Waals surface area contributed by atoms with E-state index in [0.29, 0.717) is 11.4 Å². The van der Waals surface area contributed by atoms with Crippen LogP contribution < -0.4 is 4.74 Å². The fourth-order valence-corrected chi connectivity index (χ4v) is 2.25. The second-order valence-corrected chi connectivity index (χ2v) is 4.46. The average molecular weight is 241 g/mol. The van der Waals surface area contributed by atoms with Crippen LogP contribution in [0.3, 0.4) is 0 Å². The van der Waals surface area contributed by atoms with E-state index in [0.717, 1.165) is 28.7 Å². The molecule has 0 saturated carbocycles. The molecule has 1 unspecified atom stereocenters. The molecular formula is C13H17ClO2. The molecule has 2 nitrogen and oxygen atoms in total. The van der Waals surface area contributed by atoms with Gasteiger partial charge in [-0.3, -0.25) is 0 Å². The summed E-state index contributed by atoms with van der Waals surface area (Å²) in [5, 5.41) is 0.705. The second-order valence-electron chi connectivity index (χ2n) is 4.05. The van der Waals surface area contributed by atoms with E-state index in [2.05, 4.69) is 0 Å². The molecule has 0 radical (unpaired) electrons. The topological polar surface area (TPSA) is 26.3 Å². The van der Waals surface area contributed by atoms with Crippen molar-refractivity contribution in [2.45, 2.75) is 33.1 Å². The van der Waals surface area contributed by atoms with Crippen LogP contribution in [-0.4, -0.2) is 13.4 Å². The van der Waals surface area contributed by atoms with Crippen molar-refractivity contribution in [2.24, 2.45) is 0 Å². The Bertz CT molecular complexity index is 399. The molecule has 0 aliphatic carbocycles.